The normalized spacial score (nSPS) is 18.4. The first kappa shape index (κ1) is 18.0. The first-order chi connectivity index (χ1) is 11.8. The van der Waals surface area contributed by atoms with Gasteiger partial charge in [-0.1, -0.05) is 65.3 Å². The summed E-state index contributed by atoms with van der Waals surface area (Å²) in [5, 5.41) is 3.84. The van der Waals surface area contributed by atoms with E-state index in [0.29, 0.717) is 0 Å². The number of hydrogen-bond donors (Lipinski definition) is 0. The zero-order chi connectivity index (χ0) is 18.2. The Hall–Kier alpha value is -1.83. The molecule has 0 bridgehead atoms. The van der Waals surface area contributed by atoms with E-state index in [1.54, 1.807) is 11.8 Å². The zero-order valence-electron chi connectivity index (χ0n) is 16.6. The van der Waals surface area contributed by atoms with Crippen molar-refractivity contribution in [2.24, 2.45) is 0 Å². The molecule has 0 atom stereocenters. The SMILES string of the molecule is CCCc1cc2c(cc1/C(=C/c1ccno1)CC)C(C)(C)CC2(C)C. The Morgan fingerprint density at radius 1 is 1.12 bits per heavy atom. The lowest BCUT2D eigenvalue weighted by Crippen LogP contribution is -2.18. The van der Waals surface area contributed by atoms with Crippen LogP contribution in [-0.4, -0.2) is 5.16 Å². The van der Waals surface area contributed by atoms with Gasteiger partial charge in [-0.25, -0.2) is 0 Å². The number of aryl methyl sites for hydroxylation is 1. The third-order valence-electron chi connectivity index (χ3n) is 5.61. The summed E-state index contributed by atoms with van der Waals surface area (Å²) in [5.74, 6) is 0.833. The summed E-state index contributed by atoms with van der Waals surface area (Å²) in [6.07, 6.45) is 8.33. The topological polar surface area (TPSA) is 26.0 Å². The third kappa shape index (κ3) is 3.31. The minimum Gasteiger partial charge on any atom is -0.357 e. The molecule has 0 aliphatic heterocycles. The van der Waals surface area contributed by atoms with Gasteiger partial charge in [-0.05, 0) is 64.0 Å². The molecule has 0 unspecified atom stereocenters. The van der Waals surface area contributed by atoms with E-state index in [1.807, 2.05) is 6.07 Å². The molecule has 2 heteroatoms. The fourth-order valence-corrected chi connectivity index (χ4v) is 4.68. The van der Waals surface area contributed by atoms with Crippen molar-refractivity contribution >= 4 is 11.6 Å². The van der Waals surface area contributed by atoms with Crippen molar-refractivity contribution < 1.29 is 4.52 Å². The third-order valence-corrected chi connectivity index (χ3v) is 5.61. The number of hydrogen-bond acceptors (Lipinski definition) is 2. The molecule has 1 aromatic heterocycles. The van der Waals surface area contributed by atoms with Crippen LogP contribution in [0.3, 0.4) is 0 Å². The lowest BCUT2D eigenvalue weighted by Gasteiger charge is -2.22. The van der Waals surface area contributed by atoms with Crippen molar-refractivity contribution in [3.63, 3.8) is 0 Å². The van der Waals surface area contributed by atoms with Gasteiger partial charge in [0.2, 0.25) is 0 Å². The molecule has 1 aliphatic carbocycles. The van der Waals surface area contributed by atoms with Crippen LogP contribution in [0.4, 0.5) is 0 Å². The zero-order valence-corrected chi connectivity index (χ0v) is 16.6. The minimum absolute atomic E-state index is 0.226. The van der Waals surface area contributed by atoms with Crippen LogP contribution >= 0.6 is 0 Å². The maximum atomic E-state index is 5.33. The highest BCUT2D eigenvalue weighted by molar-refractivity contribution is 5.82. The Bertz CT molecular complexity index is 779. The Labute approximate surface area is 152 Å². The maximum Gasteiger partial charge on any atom is 0.159 e. The number of rotatable bonds is 5. The van der Waals surface area contributed by atoms with Gasteiger partial charge < -0.3 is 4.52 Å². The number of fused-ring (bicyclic) bond motifs is 1. The highest BCUT2D eigenvalue weighted by Crippen LogP contribution is 2.50. The number of aromatic nitrogens is 1. The van der Waals surface area contributed by atoms with Crippen LogP contribution in [0.15, 0.2) is 28.9 Å². The Balaban J connectivity index is 2.19. The lowest BCUT2D eigenvalue weighted by molar-refractivity contribution is 0.403. The molecule has 25 heavy (non-hydrogen) atoms. The monoisotopic (exact) mass is 337 g/mol. The van der Waals surface area contributed by atoms with Crippen molar-refractivity contribution in [1.82, 2.24) is 5.16 Å². The summed E-state index contributed by atoms with van der Waals surface area (Å²) in [7, 11) is 0. The van der Waals surface area contributed by atoms with E-state index in [4.69, 9.17) is 4.52 Å². The summed E-state index contributed by atoms with van der Waals surface area (Å²) in [6.45, 7) is 14.0. The van der Waals surface area contributed by atoms with Gasteiger partial charge in [-0.3, -0.25) is 0 Å². The number of allylic oxidation sites excluding steroid dienone is 1. The lowest BCUT2D eigenvalue weighted by atomic mass is 9.82. The summed E-state index contributed by atoms with van der Waals surface area (Å²) in [6, 6.07) is 6.89. The van der Waals surface area contributed by atoms with Crippen molar-refractivity contribution in [2.45, 2.75) is 78.1 Å². The highest BCUT2D eigenvalue weighted by atomic mass is 16.5. The van der Waals surface area contributed by atoms with E-state index >= 15 is 0 Å². The van der Waals surface area contributed by atoms with Gasteiger partial charge in [-0.15, -0.1) is 0 Å². The minimum atomic E-state index is 0.226. The average Bonchev–Trinajstić information content (AvgIpc) is 3.10. The van der Waals surface area contributed by atoms with Crippen LogP contribution in [0.25, 0.3) is 11.6 Å². The molecule has 0 spiro atoms. The standard InChI is InChI=1S/C23H31NO/c1-7-9-17-13-20-21(23(5,6)15-22(20,3)4)14-19(17)16(8-2)12-18-10-11-24-25-18/h10-14H,7-9,15H2,1-6H3/b16-12+. The van der Waals surface area contributed by atoms with E-state index < -0.39 is 0 Å². The largest absolute Gasteiger partial charge is 0.357 e. The smallest absolute Gasteiger partial charge is 0.159 e. The van der Waals surface area contributed by atoms with Crippen molar-refractivity contribution in [3.8, 4) is 0 Å². The van der Waals surface area contributed by atoms with Gasteiger partial charge in [0.1, 0.15) is 0 Å². The molecule has 0 saturated carbocycles. The van der Waals surface area contributed by atoms with Crippen molar-refractivity contribution in [2.75, 3.05) is 0 Å². The van der Waals surface area contributed by atoms with Crippen molar-refractivity contribution in [1.29, 1.82) is 0 Å². The molecule has 0 saturated heterocycles. The predicted molar refractivity (Wildman–Crippen MR) is 106 cm³/mol. The van der Waals surface area contributed by atoms with Gasteiger partial charge >= 0.3 is 0 Å². The summed E-state index contributed by atoms with van der Waals surface area (Å²) in [4.78, 5) is 0. The molecule has 1 aliphatic rings. The van der Waals surface area contributed by atoms with E-state index in [2.05, 4.69) is 64.9 Å². The molecule has 1 heterocycles. The van der Waals surface area contributed by atoms with Crippen LogP contribution in [-0.2, 0) is 17.3 Å². The second kappa shape index (κ2) is 6.48. The summed E-state index contributed by atoms with van der Waals surface area (Å²) < 4.78 is 5.33. The van der Waals surface area contributed by atoms with Crippen LogP contribution in [0.2, 0.25) is 0 Å². The molecular formula is C23H31NO. The average molecular weight is 338 g/mol. The molecule has 2 aromatic rings. The van der Waals surface area contributed by atoms with Crippen LogP contribution in [0.1, 0.15) is 88.8 Å². The maximum absolute atomic E-state index is 5.33. The molecule has 2 nitrogen and oxygen atoms in total. The fraction of sp³-hybridized carbons (Fsp3) is 0.522. The van der Waals surface area contributed by atoms with Gasteiger partial charge in [0.15, 0.2) is 5.76 Å². The first-order valence-electron chi connectivity index (χ1n) is 9.58. The van der Waals surface area contributed by atoms with E-state index in [9.17, 15) is 0 Å². The second-order valence-electron chi connectivity index (χ2n) is 8.69. The van der Waals surface area contributed by atoms with Gasteiger partial charge in [-0.2, -0.15) is 0 Å². The van der Waals surface area contributed by atoms with Crippen LogP contribution in [0, 0.1) is 0 Å². The Morgan fingerprint density at radius 2 is 1.80 bits per heavy atom. The summed E-state index contributed by atoms with van der Waals surface area (Å²) >= 11 is 0. The molecule has 3 rings (SSSR count). The number of benzene rings is 1. The molecule has 0 N–H and O–H groups in total. The molecular weight excluding hydrogens is 306 g/mol. The second-order valence-corrected chi connectivity index (χ2v) is 8.69. The van der Waals surface area contributed by atoms with Gasteiger partial charge in [0.25, 0.3) is 0 Å². The Kier molecular flexibility index (Phi) is 4.66. The molecule has 0 fully saturated rings. The summed E-state index contributed by atoms with van der Waals surface area (Å²) in [5.41, 5.74) is 7.74. The highest BCUT2D eigenvalue weighted by Gasteiger charge is 2.42. The molecule has 0 amide bonds. The van der Waals surface area contributed by atoms with Gasteiger partial charge in [0.05, 0.1) is 6.20 Å². The van der Waals surface area contributed by atoms with Crippen LogP contribution < -0.4 is 0 Å². The molecule has 0 radical (unpaired) electrons. The Morgan fingerprint density at radius 3 is 2.36 bits per heavy atom. The quantitative estimate of drug-likeness (QED) is 0.619. The molecule has 134 valence electrons. The van der Waals surface area contributed by atoms with Crippen molar-refractivity contribution in [3.05, 3.63) is 52.4 Å². The van der Waals surface area contributed by atoms with E-state index in [-0.39, 0.29) is 10.8 Å². The number of nitrogens with zero attached hydrogens (tertiary/aromatic N) is 1. The van der Waals surface area contributed by atoms with Gasteiger partial charge in [0, 0.05) is 6.07 Å². The van der Waals surface area contributed by atoms with Crippen LogP contribution in [0.5, 0.6) is 0 Å². The molecule has 1 aromatic carbocycles. The fourth-order valence-electron chi connectivity index (χ4n) is 4.68. The predicted octanol–water partition coefficient (Wildman–Crippen LogP) is 6.54. The van der Waals surface area contributed by atoms with E-state index in [0.717, 1.165) is 25.0 Å². The van der Waals surface area contributed by atoms with E-state index in [1.165, 1.54) is 28.7 Å². The first-order valence-corrected chi connectivity index (χ1v) is 9.58.